The number of hydrogen-bond acceptors (Lipinski definition) is 3. The summed E-state index contributed by atoms with van der Waals surface area (Å²) < 4.78 is 15.6. The number of rotatable bonds is 4. The molecule has 4 atom stereocenters. The van der Waals surface area contributed by atoms with E-state index in [2.05, 4.69) is 21.0 Å². The van der Waals surface area contributed by atoms with E-state index in [0.29, 0.717) is 30.2 Å². The maximum atomic E-state index is 13.8. The molecule has 3 saturated heterocycles. The van der Waals surface area contributed by atoms with Gasteiger partial charge in [0.05, 0.1) is 5.69 Å². The van der Waals surface area contributed by atoms with Crippen LogP contribution in [0.4, 0.5) is 4.39 Å². The zero-order valence-corrected chi connectivity index (χ0v) is 17.0. The van der Waals surface area contributed by atoms with Crippen molar-refractivity contribution >= 4 is 5.91 Å². The third kappa shape index (κ3) is 3.70. The molecule has 5 nitrogen and oxygen atoms in total. The second-order valence-corrected chi connectivity index (χ2v) is 9.09. The maximum absolute atomic E-state index is 13.8. The number of benzene rings is 1. The first-order valence-corrected chi connectivity index (χ1v) is 10.8. The van der Waals surface area contributed by atoms with Crippen LogP contribution in [0.25, 0.3) is 0 Å². The highest BCUT2D eigenvalue weighted by molar-refractivity contribution is 5.78. The molecule has 0 N–H and O–H groups in total. The lowest BCUT2D eigenvalue weighted by atomic mass is 9.70. The van der Waals surface area contributed by atoms with Gasteiger partial charge in [0.1, 0.15) is 5.82 Å². The van der Waals surface area contributed by atoms with E-state index < -0.39 is 0 Å². The summed E-state index contributed by atoms with van der Waals surface area (Å²) >= 11 is 0. The number of piperidine rings is 3. The standard InChI is InChI=1S/C23H29FN4O/c1-26-9-8-20(25-26)15-27-13-17-12-18(14-27)22(11-16-4-2-5-19(24)10-16)28-21(17)6-3-7-23(28)29/h2,4-5,8-10,17-18,21-22H,3,6-7,11-15H2,1H3/t17-,18+,21+,22+/m1/s1. The second kappa shape index (κ2) is 7.56. The van der Waals surface area contributed by atoms with Gasteiger partial charge >= 0.3 is 0 Å². The summed E-state index contributed by atoms with van der Waals surface area (Å²) in [6, 6.07) is 9.47. The van der Waals surface area contributed by atoms with E-state index in [-0.39, 0.29) is 11.9 Å². The van der Waals surface area contributed by atoms with Crippen molar-refractivity contribution in [3.05, 3.63) is 53.6 Å². The van der Waals surface area contributed by atoms with Crippen LogP contribution in [0.2, 0.25) is 0 Å². The number of nitrogens with zero attached hydrogens (tertiary/aromatic N) is 4. The highest BCUT2D eigenvalue weighted by Crippen LogP contribution is 2.42. The highest BCUT2D eigenvalue weighted by Gasteiger charge is 2.49. The van der Waals surface area contributed by atoms with E-state index in [4.69, 9.17) is 0 Å². The maximum Gasteiger partial charge on any atom is 0.223 e. The minimum atomic E-state index is -0.196. The Bertz CT molecular complexity index is 897. The minimum Gasteiger partial charge on any atom is -0.336 e. The number of carbonyl (C=O) groups is 1. The van der Waals surface area contributed by atoms with Crippen LogP contribution in [-0.4, -0.2) is 50.7 Å². The van der Waals surface area contributed by atoms with Crippen molar-refractivity contribution in [2.24, 2.45) is 18.9 Å². The lowest BCUT2D eigenvalue weighted by Crippen LogP contribution is -2.65. The first-order valence-electron chi connectivity index (χ1n) is 10.8. The number of likely N-dealkylation sites (tertiary alicyclic amines) is 1. The lowest BCUT2D eigenvalue weighted by molar-refractivity contribution is -0.152. The SMILES string of the molecule is Cn1ccc(CN2C[C@H]3C[C@@H](C2)[C@H](Cc2cccc(F)c2)N2C(=O)CCC[C@@H]32)n1. The predicted molar refractivity (Wildman–Crippen MR) is 108 cm³/mol. The van der Waals surface area contributed by atoms with Crippen LogP contribution in [0, 0.1) is 17.7 Å². The summed E-state index contributed by atoms with van der Waals surface area (Å²) in [5.74, 6) is 1.07. The molecule has 5 rings (SSSR count). The molecule has 0 radical (unpaired) electrons. The minimum absolute atomic E-state index is 0.164. The average molecular weight is 397 g/mol. The Kier molecular flexibility index (Phi) is 4.90. The van der Waals surface area contributed by atoms with Crippen molar-refractivity contribution in [3.8, 4) is 0 Å². The number of amides is 1. The van der Waals surface area contributed by atoms with Gasteiger partial charge in [-0.25, -0.2) is 4.39 Å². The van der Waals surface area contributed by atoms with E-state index in [1.807, 2.05) is 24.0 Å². The van der Waals surface area contributed by atoms with Crippen molar-refractivity contribution in [1.29, 1.82) is 0 Å². The smallest absolute Gasteiger partial charge is 0.223 e. The van der Waals surface area contributed by atoms with Crippen LogP contribution >= 0.6 is 0 Å². The van der Waals surface area contributed by atoms with Gasteiger partial charge in [0.25, 0.3) is 0 Å². The molecular weight excluding hydrogens is 367 g/mol. The zero-order chi connectivity index (χ0) is 20.0. The molecule has 3 aliphatic heterocycles. The third-order valence-corrected chi connectivity index (χ3v) is 7.06. The molecule has 1 amide bonds. The molecule has 3 fully saturated rings. The molecule has 1 aromatic heterocycles. The molecule has 4 heterocycles. The molecule has 0 unspecified atom stereocenters. The summed E-state index contributed by atoms with van der Waals surface area (Å²) in [5.41, 5.74) is 2.10. The van der Waals surface area contributed by atoms with E-state index in [1.54, 1.807) is 12.1 Å². The average Bonchev–Trinajstić information content (AvgIpc) is 3.10. The Hall–Kier alpha value is -2.21. The molecule has 0 spiro atoms. The van der Waals surface area contributed by atoms with Crippen LogP contribution in [0.1, 0.15) is 36.9 Å². The van der Waals surface area contributed by atoms with Gasteiger partial charge in [0, 0.05) is 51.4 Å². The van der Waals surface area contributed by atoms with Gasteiger partial charge in [-0.15, -0.1) is 0 Å². The molecule has 1 aromatic carbocycles. The van der Waals surface area contributed by atoms with Crippen molar-refractivity contribution in [2.45, 2.75) is 50.7 Å². The van der Waals surface area contributed by atoms with Gasteiger partial charge in [-0.05, 0) is 61.3 Å². The number of hydrogen-bond donors (Lipinski definition) is 0. The van der Waals surface area contributed by atoms with Crippen LogP contribution < -0.4 is 0 Å². The molecule has 3 aliphatic rings. The van der Waals surface area contributed by atoms with Crippen LogP contribution in [0.15, 0.2) is 36.5 Å². The largest absolute Gasteiger partial charge is 0.336 e. The van der Waals surface area contributed by atoms with Crippen molar-refractivity contribution < 1.29 is 9.18 Å². The molecule has 29 heavy (non-hydrogen) atoms. The molecule has 6 heteroatoms. The first-order chi connectivity index (χ1) is 14.1. The lowest BCUT2D eigenvalue weighted by Gasteiger charge is -2.56. The number of aryl methyl sites for hydroxylation is 1. The Balaban J connectivity index is 1.41. The predicted octanol–water partition coefficient (Wildman–Crippen LogP) is 3.00. The van der Waals surface area contributed by atoms with Crippen LogP contribution in [-0.2, 0) is 24.8 Å². The van der Waals surface area contributed by atoms with E-state index in [0.717, 1.165) is 50.2 Å². The summed E-state index contributed by atoms with van der Waals surface area (Å²) in [4.78, 5) is 17.7. The fourth-order valence-corrected chi connectivity index (χ4v) is 5.95. The quantitative estimate of drug-likeness (QED) is 0.798. The topological polar surface area (TPSA) is 41.4 Å². The monoisotopic (exact) mass is 396 g/mol. The van der Waals surface area contributed by atoms with Gasteiger partial charge in [0.2, 0.25) is 5.91 Å². The van der Waals surface area contributed by atoms with Gasteiger partial charge in [-0.1, -0.05) is 12.1 Å². The molecule has 154 valence electrons. The molecule has 0 aliphatic carbocycles. The molecule has 0 saturated carbocycles. The number of halogens is 1. The first kappa shape index (κ1) is 18.8. The van der Waals surface area contributed by atoms with Gasteiger partial charge in [-0.2, -0.15) is 5.10 Å². The number of fused-ring (bicyclic) bond motifs is 4. The third-order valence-electron chi connectivity index (χ3n) is 7.06. The molecule has 2 bridgehead atoms. The van der Waals surface area contributed by atoms with E-state index >= 15 is 0 Å². The zero-order valence-electron chi connectivity index (χ0n) is 17.0. The summed E-state index contributed by atoms with van der Waals surface area (Å²) in [6.07, 6.45) is 6.66. The second-order valence-electron chi connectivity index (χ2n) is 9.09. The Morgan fingerprint density at radius 3 is 2.86 bits per heavy atom. The summed E-state index contributed by atoms with van der Waals surface area (Å²) in [7, 11) is 1.95. The fourth-order valence-electron chi connectivity index (χ4n) is 5.95. The van der Waals surface area contributed by atoms with Crippen molar-refractivity contribution in [1.82, 2.24) is 19.6 Å². The highest BCUT2D eigenvalue weighted by atomic mass is 19.1. The molecule has 2 aromatic rings. The van der Waals surface area contributed by atoms with E-state index in [9.17, 15) is 9.18 Å². The normalized spacial score (nSPS) is 29.7. The summed E-state index contributed by atoms with van der Waals surface area (Å²) in [5, 5.41) is 4.56. The van der Waals surface area contributed by atoms with Crippen LogP contribution in [0.5, 0.6) is 0 Å². The van der Waals surface area contributed by atoms with E-state index in [1.165, 1.54) is 12.5 Å². The van der Waals surface area contributed by atoms with Gasteiger partial charge in [0.15, 0.2) is 0 Å². The Morgan fingerprint density at radius 2 is 2.07 bits per heavy atom. The van der Waals surface area contributed by atoms with Crippen molar-refractivity contribution in [3.63, 3.8) is 0 Å². The Morgan fingerprint density at radius 1 is 1.21 bits per heavy atom. The summed E-state index contributed by atoms with van der Waals surface area (Å²) in [6.45, 7) is 2.87. The number of aromatic nitrogens is 2. The van der Waals surface area contributed by atoms with Crippen molar-refractivity contribution in [2.75, 3.05) is 13.1 Å². The molecular formula is C23H29FN4O. The van der Waals surface area contributed by atoms with Gasteiger partial charge in [-0.3, -0.25) is 14.4 Å². The number of carbonyl (C=O) groups excluding carboxylic acids is 1. The fraction of sp³-hybridized carbons (Fsp3) is 0.565. The van der Waals surface area contributed by atoms with Gasteiger partial charge < -0.3 is 4.90 Å². The Labute approximate surface area is 171 Å². The van der Waals surface area contributed by atoms with Crippen LogP contribution in [0.3, 0.4) is 0 Å².